The van der Waals surface area contributed by atoms with Crippen molar-refractivity contribution in [3.05, 3.63) is 48.0 Å². The molecular formula is C17H18O4. The van der Waals surface area contributed by atoms with E-state index in [-0.39, 0.29) is 0 Å². The van der Waals surface area contributed by atoms with Crippen molar-refractivity contribution in [3.8, 4) is 0 Å². The normalized spacial score (nSPS) is 11.2. The van der Waals surface area contributed by atoms with E-state index in [1.165, 1.54) is 0 Å². The van der Waals surface area contributed by atoms with Crippen molar-refractivity contribution in [2.75, 3.05) is 0 Å². The van der Waals surface area contributed by atoms with E-state index in [4.69, 9.17) is 4.89 Å². The summed E-state index contributed by atoms with van der Waals surface area (Å²) in [6.45, 7) is 5.34. The van der Waals surface area contributed by atoms with Crippen LogP contribution in [0.25, 0.3) is 10.8 Å². The predicted molar refractivity (Wildman–Crippen MR) is 79.5 cm³/mol. The van der Waals surface area contributed by atoms with E-state index in [2.05, 4.69) is 4.89 Å². The molecule has 2 aromatic rings. The molecule has 0 radical (unpaired) electrons. The Bertz CT molecular complexity index is 668. The number of carbonyl (C=O) groups is 2. The maximum atomic E-state index is 12.1. The van der Waals surface area contributed by atoms with Gasteiger partial charge in [-0.25, -0.2) is 19.4 Å². The van der Waals surface area contributed by atoms with Crippen LogP contribution >= 0.6 is 0 Å². The van der Waals surface area contributed by atoms with E-state index >= 15 is 0 Å². The molecule has 0 aliphatic rings. The first-order valence-corrected chi connectivity index (χ1v) is 6.87. The Hall–Kier alpha value is -2.36. The minimum atomic E-state index is -0.682. The maximum absolute atomic E-state index is 12.1. The average molecular weight is 286 g/mol. The molecular weight excluding hydrogens is 268 g/mol. The molecule has 0 atom stereocenters. The van der Waals surface area contributed by atoms with Gasteiger partial charge in [-0.2, -0.15) is 0 Å². The molecule has 2 aromatic carbocycles. The molecule has 0 fully saturated rings. The first kappa shape index (κ1) is 15.0. The summed E-state index contributed by atoms with van der Waals surface area (Å²) in [6, 6.07) is 12.8. The van der Waals surface area contributed by atoms with Crippen molar-refractivity contribution in [3.63, 3.8) is 0 Å². The molecule has 0 aliphatic carbocycles. The molecule has 0 saturated heterocycles. The Kier molecular flexibility index (Phi) is 4.26. The van der Waals surface area contributed by atoms with Crippen LogP contribution in [0.15, 0.2) is 42.5 Å². The lowest BCUT2D eigenvalue weighted by molar-refractivity contribution is -0.243. The van der Waals surface area contributed by atoms with Crippen molar-refractivity contribution < 1.29 is 19.4 Å². The SMILES string of the molecule is CCC(C)(C)C(=O)OOC(=O)c1cccc2ccccc12. The van der Waals surface area contributed by atoms with Gasteiger partial charge < -0.3 is 0 Å². The van der Waals surface area contributed by atoms with Gasteiger partial charge in [0.25, 0.3) is 0 Å². The summed E-state index contributed by atoms with van der Waals surface area (Å²) in [5, 5.41) is 1.68. The Morgan fingerprint density at radius 2 is 1.67 bits per heavy atom. The molecule has 2 rings (SSSR count). The molecule has 0 spiro atoms. The van der Waals surface area contributed by atoms with Gasteiger partial charge in [-0.1, -0.05) is 43.3 Å². The van der Waals surface area contributed by atoms with E-state index < -0.39 is 17.4 Å². The summed E-state index contributed by atoms with van der Waals surface area (Å²) in [5.74, 6) is -1.23. The van der Waals surface area contributed by atoms with Gasteiger partial charge in [0.2, 0.25) is 0 Å². The summed E-state index contributed by atoms with van der Waals surface area (Å²) in [4.78, 5) is 33.2. The second-order valence-electron chi connectivity index (χ2n) is 5.51. The zero-order valence-corrected chi connectivity index (χ0v) is 12.4. The van der Waals surface area contributed by atoms with Gasteiger partial charge in [0, 0.05) is 0 Å². The van der Waals surface area contributed by atoms with Crippen molar-refractivity contribution >= 4 is 22.7 Å². The fourth-order valence-corrected chi connectivity index (χ4v) is 1.78. The van der Waals surface area contributed by atoms with Crippen LogP contribution in [0.1, 0.15) is 37.6 Å². The van der Waals surface area contributed by atoms with Gasteiger partial charge in [-0.3, -0.25) is 0 Å². The Labute approximate surface area is 123 Å². The van der Waals surface area contributed by atoms with Crippen LogP contribution in [0.5, 0.6) is 0 Å². The highest BCUT2D eigenvalue weighted by atomic mass is 17.2. The molecule has 0 amide bonds. The molecule has 4 nitrogen and oxygen atoms in total. The minimum absolute atomic E-state index is 0.371. The summed E-state index contributed by atoms with van der Waals surface area (Å²) < 4.78 is 0. The van der Waals surface area contributed by atoms with Crippen LogP contribution in [-0.4, -0.2) is 11.9 Å². The Balaban J connectivity index is 2.15. The summed E-state index contributed by atoms with van der Waals surface area (Å²) in [7, 11) is 0. The molecule has 21 heavy (non-hydrogen) atoms. The lowest BCUT2D eigenvalue weighted by atomic mass is 9.91. The maximum Gasteiger partial charge on any atom is 0.386 e. The number of benzene rings is 2. The lowest BCUT2D eigenvalue weighted by Crippen LogP contribution is -2.27. The van der Waals surface area contributed by atoms with Crippen LogP contribution in [0.2, 0.25) is 0 Å². The lowest BCUT2D eigenvalue weighted by Gasteiger charge is -2.18. The number of fused-ring (bicyclic) bond motifs is 1. The van der Waals surface area contributed by atoms with E-state index in [9.17, 15) is 9.59 Å². The minimum Gasteiger partial charge on any atom is -0.247 e. The summed E-state index contributed by atoms with van der Waals surface area (Å²) in [5.41, 5.74) is -0.311. The Morgan fingerprint density at radius 1 is 1.00 bits per heavy atom. The van der Waals surface area contributed by atoms with Crippen LogP contribution < -0.4 is 0 Å². The highest BCUT2D eigenvalue weighted by Gasteiger charge is 2.29. The van der Waals surface area contributed by atoms with E-state index in [1.807, 2.05) is 37.3 Å². The number of hydrogen-bond donors (Lipinski definition) is 0. The number of carbonyl (C=O) groups excluding carboxylic acids is 2. The number of hydrogen-bond acceptors (Lipinski definition) is 4. The molecule has 0 heterocycles. The second kappa shape index (κ2) is 5.95. The van der Waals surface area contributed by atoms with Crippen molar-refractivity contribution in [1.82, 2.24) is 0 Å². The quantitative estimate of drug-likeness (QED) is 0.634. The van der Waals surface area contributed by atoms with E-state index in [0.29, 0.717) is 12.0 Å². The van der Waals surface area contributed by atoms with Gasteiger partial charge >= 0.3 is 11.9 Å². The topological polar surface area (TPSA) is 52.6 Å². The van der Waals surface area contributed by atoms with Crippen molar-refractivity contribution in [2.45, 2.75) is 27.2 Å². The van der Waals surface area contributed by atoms with Crippen LogP contribution in [-0.2, 0) is 14.6 Å². The Morgan fingerprint density at radius 3 is 2.38 bits per heavy atom. The van der Waals surface area contributed by atoms with Gasteiger partial charge in [0.05, 0.1) is 11.0 Å². The van der Waals surface area contributed by atoms with Crippen LogP contribution in [0, 0.1) is 5.41 Å². The average Bonchev–Trinajstić information content (AvgIpc) is 2.51. The van der Waals surface area contributed by atoms with Gasteiger partial charge in [0.15, 0.2) is 0 Å². The third-order valence-corrected chi connectivity index (χ3v) is 3.64. The van der Waals surface area contributed by atoms with Gasteiger partial charge in [-0.15, -0.1) is 0 Å². The first-order valence-electron chi connectivity index (χ1n) is 6.87. The largest absolute Gasteiger partial charge is 0.386 e. The van der Waals surface area contributed by atoms with Crippen LogP contribution in [0.4, 0.5) is 0 Å². The second-order valence-corrected chi connectivity index (χ2v) is 5.51. The fraction of sp³-hybridized carbons (Fsp3) is 0.294. The molecule has 0 aromatic heterocycles. The standard InChI is InChI=1S/C17H18O4/c1-4-17(2,3)16(19)21-20-15(18)14-11-7-9-12-8-5-6-10-13(12)14/h5-11H,4H2,1-3H3. The summed E-state index contributed by atoms with van der Waals surface area (Å²) in [6.07, 6.45) is 0.595. The van der Waals surface area contributed by atoms with Gasteiger partial charge in [-0.05, 0) is 37.1 Å². The third kappa shape index (κ3) is 3.21. The molecule has 0 unspecified atom stereocenters. The summed E-state index contributed by atoms with van der Waals surface area (Å²) >= 11 is 0. The molecule has 0 bridgehead atoms. The number of rotatable bonds is 3. The third-order valence-electron chi connectivity index (χ3n) is 3.64. The van der Waals surface area contributed by atoms with Gasteiger partial charge in [0.1, 0.15) is 0 Å². The van der Waals surface area contributed by atoms with Crippen molar-refractivity contribution in [2.24, 2.45) is 5.41 Å². The predicted octanol–water partition coefficient (Wildman–Crippen LogP) is 3.89. The first-order chi connectivity index (χ1) is 9.95. The zero-order chi connectivity index (χ0) is 15.5. The smallest absolute Gasteiger partial charge is 0.247 e. The van der Waals surface area contributed by atoms with Crippen LogP contribution in [0.3, 0.4) is 0 Å². The molecule has 0 saturated carbocycles. The fourth-order valence-electron chi connectivity index (χ4n) is 1.78. The molecule has 110 valence electrons. The molecule has 0 N–H and O–H groups in total. The molecule has 0 aliphatic heterocycles. The van der Waals surface area contributed by atoms with Crippen molar-refractivity contribution in [1.29, 1.82) is 0 Å². The zero-order valence-electron chi connectivity index (χ0n) is 12.4. The molecule has 4 heteroatoms. The monoisotopic (exact) mass is 286 g/mol. The van der Waals surface area contributed by atoms with E-state index in [0.717, 1.165) is 10.8 Å². The highest BCUT2D eigenvalue weighted by molar-refractivity contribution is 6.04. The van der Waals surface area contributed by atoms with E-state index in [1.54, 1.807) is 26.0 Å². The highest BCUT2D eigenvalue weighted by Crippen LogP contribution is 2.23.